The minimum Gasteiger partial charge on any atom is -0.478 e. The summed E-state index contributed by atoms with van der Waals surface area (Å²) in [7, 11) is 0. The van der Waals surface area contributed by atoms with E-state index < -0.39 is 5.97 Å². The Morgan fingerprint density at radius 3 is 2.60 bits per heavy atom. The van der Waals surface area contributed by atoms with Gasteiger partial charge in [-0.05, 0) is 56.0 Å². The molecule has 0 aromatic heterocycles. The lowest BCUT2D eigenvalue weighted by atomic mass is 10.0. The summed E-state index contributed by atoms with van der Waals surface area (Å²) >= 11 is 0. The van der Waals surface area contributed by atoms with Crippen LogP contribution in [-0.4, -0.2) is 34.5 Å². The van der Waals surface area contributed by atoms with E-state index in [1.165, 1.54) is 6.08 Å². The van der Waals surface area contributed by atoms with Crippen LogP contribution in [0, 0.1) is 6.92 Å². The summed E-state index contributed by atoms with van der Waals surface area (Å²) in [5, 5.41) is 8.67. The number of hydrogen-bond acceptors (Lipinski definition) is 2. The van der Waals surface area contributed by atoms with Gasteiger partial charge in [0.2, 0.25) is 0 Å². The first-order valence-electron chi connectivity index (χ1n) is 6.85. The number of nitrogens with zero attached hydrogens (tertiary/aromatic N) is 1. The van der Waals surface area contributed by atoms with E-state index in [4.69, 9.17) is 5.11 Å². The molecule has 20 heavy (non-hydrogen) atoms. The third-order valence-corrected chi connectivity index (χ3v) is 3.35. The summed E-state index contributed by atoms with van der Waals surface area (Å²) in [5.41, 5.74) is 2.32. The third-order valence-electron chi connectivity index (χ3n) is 3.35. The molecule has 2 rings (SSSR count). The average molecular weight is 273 g/mol. The van der Waals surface area contributed by atoms with Gasteiger partial charge in [-0.3, -0.25) is 4.79 Å². The van der Waals surface area contributed by atoms with Gasteiger partial charge in [0.15, 0.2) is 0 Å². The number of rotatable bonds is 5. The van der Waals surface area contributed by atoms with Crippen molar-refractivity contribution >= 4 is 18.0 Å². The predicted octanol–water partition coefficient (Wildman–Crippen LogP) is 2.72. The van der Waals surface area contributed by atoms with E-state index in [1.807, 2.05) is 30.9 Å². The fourth-order valence-corrected chi connectivity index (χ4v) is 2.32. The maximum Gasteiger partial charge on any atom is 0.328 e. The largest absolute Gasteiger partial charge is 0.478 e. The van der Waals surface area contributed by atoms with Gasteiger partial charge in [-0.15, -0.1) is 0 Å². The maximum atomic E-state index is 12.5. The highest BCUT2D eigenvalue weighted by Crippen LogP contribution is 2.28. The van der Waals surface area contributed by atoms with E-state index in [-0.39, 0.29) is 5.91 Å². The molecule has 0 atom stereocenters. The van der Waals surface area contributed by atoms with Crippen molar-refractivity contribution in [1.82, 2.24) is 4.90 Å². The van der Waals surface area contributed by atoms with Gasteiger partial charge < -0.3 is 10.0 Å². The molecule has 4 nitrogen and oxygen atoms in total. The van der Waals surface area contributed by atoms with Crippen LogP contribution in [0.3, 0.4) is 0 Å². The molecule has 1 aliphatic carbocycles. The maximum absolute atomic E-state index is 12.5. The predicted molar refractivity (Wildman–Crippen MR) is 77.6 cm³/mol. The second kappa shape index (κ2) is 5.90. The van der Waals surface area contributed by atoms with Crippen molar-refractivity contribution in [1.29, 1.82) is 0 Å². The second-order valence-corrected chi connectivity index (χ2v) is 5.13. The van der Waals surface area contributed by atoms with Gasteiger partial charge in [-0.1, -0.05) is 6.07 Å². The van der Waals surface area contributed by atoms with Crippen molar-refractivity contribution in [2.75, 3.05) is 6.54 Å². The van der Waals surface area contributed by atoms with E-state index in [9.17, 15) is 9.59 Å². The number of carboxylic acids is 1. The molecule has 1 aromatic rings. The molecular weight excluding hydrogens is 254 g/mol. The highest BCUT2D eigenvalue weighted by molar-refractivity contribution is 5.95. The van der Waals surface area contributed by atoms with Crippen LogP contribution in [0.2, 0.25) is 0 Å². The Morgan fingerprint density at radius 1 is 1.35 bits per heavy atom. The van der Waals surface area contributed by atoms with E-state index in [1.54, 1.807) is 6.07 Å². The number of carbonyl (C=O) groups excluding carboxylic acids is 1. The van der Waals surface area contributed by atoms with Crippen LogP contribution in [-0.2, 0) is 4.79 Å². The Balaban J connectivity index is 2.26. The molecule has 0 saturated heterocycles. The SMILES string of the molecule is CCN(C(=O)c1cc(C)cc(/C=C/C(=O)O)c1)C1CC1. The molecule has 0 radical (unpaired) electrons. The highest BCUT2D eigenvalue weighted by Gasteiger charge is 2.31. The summed E-state index contributed by atoms with van der Waals surface area (Å²) in [6.07, 6.45) is 4.76. The number of hydrogen-bond donors (Lipinski definition) is 1. The summed E-state index contributed by atoms with van der Waals surface area (Å²) in [6.45, 7) is 4.59. The standard InChI is InChI=1S/C16H19NO3/c1-3-17(14-5-6-14)16(20)13-9-11(2)8-12(10-13)4-7-15(18)19/h4,7-10,14H,3,5-6H2,1-2H3,(H,18,19)/b7-4+. The van der Waals surface area contributed by atoms with Crippen molar-refractivity contribution in [3.8, 4) is 0 Å². The summed E-state index contributed by atoms with van der Waals surface area (Å²) in [4.78, 5) is 24.9. The molecular formula is C16H19NO3. The fourth-order valence-electron chi connectivity index (χ4n) is 2.32. The molecule has 0 bridgehead atoms. The van der Waals surface area contributed by atoms with Gasteiger partial charge in [-0.2, -0.15) is 0 Å². The number of benzene rings is 1. The van der Waals surface area contributed by atoms with Crippen LogP contribution in [0.1, 0.15) is 41.3 Å². The van der Waals surface area contributed by atoms with Gasteiger partial charge in [0, 0.05) is 24.2 Å². The van der Waals surface area contributed by atoms with Gasteiger partial charge >= 0.3 is 5.97 Å². The summed E-state index contributed by atoms with van der Waals surface area (Å²) in [5.74, 6) is -0.962. The highest BCUT2D eigenvalue weighted by atomic mass is 16.4. The smallest absolute Gasteiger partial charge is 0.328 e. The van der Waals surface area contributed by atoms with Gasteiger partial charge in [0.1, 0.15) is 0 Å². The minimum atomic E-state index is -0.993. The zero-order chi connectivity index (χ0) is 14.7. The quantitative estimate of drug-likeness (QED) is 0.839. The van der Waals surface area contributed by atoms with Gasteiger partial charge in [0.25, 0.3) is 5.91 Å². The van der Waals surface area contributed by atoms with E-state index in [0.29, 0.717) is 18.2 Å². The Labute approximate surface area is 118 Å². The van der Waals surface area contributed by atoms with Crippen LogP contribution < -0.4 is 0 Å². The minimum absolute atomic E-state index is 0.0312. The van der Waals surface area contributed by atoms with Crippen LogP contribution in [0.4, 0.5) is 0 Å². The van der Waals surface area contributed by atoms with Crippen molar-refractivity contribution in [3.63, 3.8) is 0 Å². The van der Waals surface area contributed by atoms with Crippen molar-refractivity contribution in [2.24, 2.45) is 0 Å². The van der Waals surface area contributed by atoms with E-state index in [0.717, 1.165) is 30.0 Å². The first kappa shape index (κ1) is 14.3. The monoisotopic (exact) mass is 273 g/mol. The molecule has 1 fully saturated rings. The van der Waals surface area contributed by atoms with Gasteiger partial charge in [0.05, 0.1) is 0 Å². The van der Waals surface area contributed by atoms with Gasteiger partial charge in [-0.25, -0.2) is 4.79 Å². The second-order valence-electron chi connectivity index (χ2n) is 5.13. The molecule has 0 spiro atoms. The van der Waals surface area contributed by atoms with Crippen molar-refractivity contribution in [3.05, 3.63) is 41.0 Å². The summed E-state index contributed by atoms with van der Waals surface area (Å²) in [6, 6.07) is 5.85. The molecule has 1 amide bonds. The van der Waals surface area contributed by atoms with E-state index >= 15 is 0 Å². The number of amides is 1. The summed E-state index contributed by atoms with van der Waals surface area (Å²) < 4.78 is 0. The molecule has 1 saturated carbocycles. The molecule has 1 aromatic carbocycles. The third kappa shape index (κ3) is 3.47. The topological polar surface area (TPSA) is 57.6 Å². The Kier molecular flexibility index (Phi) is 4.23. The molecule has 4 heteroatoms. The van der Waals surface area contributed by atoms with Crippen molar-refractivity contribution < 1.29 is 14.7 Å². The molecule has 1 aliphatic rings. The van der Waals surface area contributed by atoms with Crippen LogP contribution in [0.15, 0.2) is 24.3 Å². The lowest BCUT2D eigenvalue weighted by molar-refractivity contribution is -0.131. The lowest BCUT2D eigenvalue weighted by Crippen LogP contribution is -2.32. The first-order chi connectivity index (χ1) is 9.51. The Hall–Kier alpha value is -2.10. The average Bonchev–Trinajstić information content (AvgIpc) is 3.21. The van der Waals surface area contributed by atoms with Crippen LogP contribution in [0.25, 0.3) is 6.08 Å². The van der Waals surface area contributed by atoms with Crippen LogP contribution in [0.5, 0.6) is 0 Å². The normalized spacial score (nSPS) is 14.5. The van der Waals surface area contributed by atoms with Crippen LogP contribution >= 0.6 is 0 Å². The Morgan fingerprint density at radius 2 is 2.05 bits per heavy atom. The molecule has 0 aliphatic heterocycles. The van der Waals surface area contributed by atoms with Crippen molar-refractivity contribution in [2.45, 2.75) is 32.7 Å². The first-order valence-corrected chi connectivity index (χ1v) is 6.85. The number of carbonyl (C=O) groups is 2. The van der Waals surface area contributed by atoms with E-state index in [2.05, 4.69) is 0 Å². The number of aryl methyl sites for hydroxylation is 1. The number of carboxylic acid groups (broad SMARTS) is 1. The molecule has 1 N–H and O–H groups in total. The Bertz CT molecular complexity index is 559. The zero-order valence-electron chi connectivity index (χ0n) is 11.8. The lowest BCUT2D eigenvalue weighted by Gasteiger charge is -2.20. The zero-order valence-corrected chi connectivity index (χ0v) is 11.8. The molecule has 0 heterocycles. The molecule has 0 unspecified atom stereocenters. The molecule has 106 valence electrons. The number of aliphatic carboxylic acids is 1. The fraction of sp³-hybridized carbons (Fsp3) is 0.375.